The van der Waals surface area contributed by atoms with Crippen molar-refractivity contribution in [3.63, 3.8) is 0 Å². The van der Waals surface area contributed by atoms with Crippen molar-refractivity contribution in [3.05, 3.63) is 90.5 Å². The molecule has 0 bridgehead atoms. The van der Waals surface area contributed by atoms with Crippen LogP contribution in [-0.4, -0.2) is 40.1 Å². The van der Waals surface area contributed by atoms with E-state index in [1.54, 1.807) is 7.11 Å². The van der Waals surface area contributed by atoms with E-state index in [4.69, 9.17) is 4.74 Å². The molecule has 1 aromatic heterocycles. The summed E-state index contributed by atoms with van der Waals surface area (Å²) < 4.78 is 7.25. The minimum absolute atomic E-state index is 0.0310. The molecule has 0 aliphatic rings. The molecule has 0 atom stereocenters. The molecule has 162 valence electrons. The van der Waals surface area contributed by atoms with E-state index in [1.165, 1.54) is 17.3 Å². The van der Waals surface area contributed by atoms with Crippen LogP contribution in [0.1, 0.15) is 5.56 Å². The molecule has 6 nitrogen and oxygen atoms in total. The molecule has 0 saturated heterocycles. The Labute approximate surface area is 191 Å². The first-order valence-corrected chi connectivity index (χ1v) is 11.3. The van der Waals surface area contributed by atoms with Gasteiger partial charge in [0.25, 0.3) is 0 Å². The number of nitrogens with one attached hydrogen (secondary N) is 1. The van der Waals surface area contributed by atoms with Crippen LogP contribution in [0, 0.1) is 0 Å². The van der Waals surface area contributed by atoms with Gasteiger partial charge in [-0.15, -0.1) is 10.2 Å². The number of ether oxygens (including phenoxy) is 1. The number of hydrogen-bond acceptors (Lipinski definition) is 5. The van der Waals surface area contributed by atoms with E-state index in [9.17, 15) is 4.79 Å². The van der Waals surface area contributed by atoms with Crippen molar-refractivity contribution >= 4 is 17.7 Å². The Bertz CT molecular complexity index is 1150. The van der Waals surface area contributed by atoms with Crippen LogP contribution in [0.25, 0.3) is 17.1 Å². The van der Waals surface area contributed by atoms with E-state index in [0.29, 0.717) is 11.7 Å². The Balaban J connectivity index is 1.48. The quantitative estimate of drug-likeness (QED) is 0.388. The van der Waals surface area contributed by atoms with Crippen LogP contribution in [0.2, 0.25) is 0 Å². The maximum absolute atomic E-state index is 12.4. The largest absolute Gasteiger partial charge is 0.497 e. The summed E-state index contributed by atoms with van der Waals surface area (Å²) in [6.45, 7) is 0.601. The Kier molecular flexibility index (Phi) is 7.19. The van der Waals surface area contributed by atoms with Crippen molar-refractivity contribution in [2.45, 2.75) is 11.6 Å². The predicted octanol–water partition coefficient (Wildman–Crippen LogP) is 4.39. The van der Waals surface area contributed by atoms with Gasteiger partial charge in [-0.2, -0.15) is 0 Å². The summed E-state index contributed by atoms with van der Waals surface area (Å²) in [5.41, 5.74) is 3.06. The van der Waals surface area contributed by atoms with E-state index < -0.39 is 0 Å². The van der Waals surface area contributed by atoms with Gasteiger partial charge in [-0.3, -0.25) is 9.36 Å². The molecule has 0 aliphatic carbocycles. The number of carbonyl (C=O) groups excluding carboxylic acids is 1. The molecule has 0 fully saturated rings. The molecule has 1 N–H and O–H groups in total. The summed E-state index contributed by atoms with van der Waals surface area (Å²) >= 11 is 1.37. The number of aromatic nitrogens is 3. The van der Waals surface area contributed by atoms with Gasteiger partial charge in [0.15, 0.2) is 11.0 Å². The Morgan fingerprint density at radius 2 is 1.62 bits per heavy atom. The number of nitrogens with zero attached hydrogens (tertiary/aromatic N) is 3. The van der Waals surface area contributed by atoms with Crippen molar-refractivity contribution in [2.75, 3.05) is 19.4 Å². The summed E-state index contributed by atoms with van der Waals surface area (Å²) in [6.07, 6.45) is 0.803. The van der Waals surface area contributed by atoms with Crippen LogP contribution in [0.15, 0.2) is 90.1 Å². The van der Waals surface area contributed by atoms with Gasteiger partial charge in [-0.05, 0) is 36.2 Å². The molecule has 4 aromatic rings. The fraction of sp³-hybridized carbons (Fsp3) is 0.160. The molecule has 0 unspecified atom stereocenters. The van der Waals surface area contributed by atoms with Gasteiger partial charge < -0.3 is 10.1 Å². The zero-order valence-corrected chi connectivity index (χ0v) is 18.6. The average molecular weight is 445 g/mol. The smallest absolute Gasteiger partial charge is 0.230 e. The molecule has 0 spiro atoms. The lowest BCUT2D eigenvalue weighted by Gasteiger charge is -2.11. The van der Waals surface area contributed by atoms with Gasteiger partial charge >= 0.3 is 0 Å². The summed E-state index contributed by atoms with van der Waals surface area (Å²) in [5, 5.41) is 12.4. The van der Waals surface area contributed by atoms with Gasteiger partial charge in [0, 0.05) is 17.8 Å². The van der Waals surface area contributed by atoms with Crippen molar-refractivity contribution in [3.8, 4) is 22.8 Å². The fourth-order valence-corrected chi connectivity index (χ4v) is 4.06. The Hall–Kier alpha value is -3.58. The second-order valence-electron chi connectivity index (χ2n) is 7.08. The molecule has 7 heteroatoms. The van der Waals surface area contributed by atoms with Crippen LogP contribution < -0.4 is 10.1 Å². The highest BCUT2D eigenvalue weighted by Gasteiger charge is 2.17. The van der Waals surface area contributed by atoms with E-state index in [0.717, 1.165) is 29.2 Å². The van der Waals surface area contributed by atoms with Crippen LogP contribution in [0.5, 0.6) is 5.75 Å². The molecule has 4 rings (SSSR count). The lowest BCUT2D eigenvalue weighted by Crippen LogP contribution is -2.27. The van der Waals surface area contributed by atoms with Crippen molar-refractivity contribution in [1.82, 2.24) is 20.1 Å². The first-order chi connectivity index (χ1) is 15.7. The lowest BCUT2D eigenvalue weighted by atomic mass is 10.1. The standard InChI is InChI=1S/C25H24N4O2S/c1-31-22-14-12-21(13-15-22)29-24(20-10-6-3-7-11-20)27-28-25(29)32-18-23(30)26-17-16-19-8-4-2-5-9-19/h2-15H,16-18H2,1H3,(H,26,30). The molecular formula is C25H24N4O2S. The number of amides is 1. The Morgan fingerprint density at radius 3 is 2.31 bits per heavy atom. The average Bonchev–Trinajstić information content (AvgIpc) is 3.28. The number of benzene rings is 3. The normalized spacial score (nSPS) is 10.7. The molecule has 3 aromatic carbocycles. The monoisotopic (exact) mass is 444 g/mol. The number of thioether (sulfide) groups is 1. The molecule has 1 heterocycles. The van der Waals surface area contributed by atoms with Crippen molar-refractivity contribution in [1.29, 1.82) is 0 Å². The molecule has 32 heavy (non-hydrogen) atoms. The van der Waals surface area contributed by atoms with Crippen LogP contribution in [0.3, 0.4) is 0 Å². The van der Waals surface area contributed by atoms with Crippen molar-refractivity contribution in [2.24, 2.45) is 0 Å². The molecule has 0 aliphatic heterocycles. The van der Waals surface area contributed by atoms with Crippen LogP contribution in [-0.2, 0) is 11.2 Å². The third kappa shape index (κ3) is 5.36. The Morgan fingerprint density at radius 1 is 0.938 bits per heavy atom. The van der Waals surface area contributed by atoms with Crippen LogP contribution >= 0.6 is 11.8 Å². The first-order valence-electron chi connectivity index (χ1n) is 10.3. The lowest BCUT2D eigenvalue weighted by molar-refractivity contribution is -0.118. The molecule has 1 amide bonds. The number of hydrogen-bond donors (Lipinski definition) is 1. The fourth-order valence-electron chi connectivity index (χ4n) is 3.27. The summed E-state index contributed by atoms with van der Waals surface area (Å²) in [4.78, 5) is 12.4. The van der Waals surface area contributed by atoms with E-state index >= 15 is 0 Å². The maximum atomic E-state index is 12.4. The summed E-state index contributed by atoms with van der Waals surface area (Å²) in [7, 11) is 1.64. The van der Waals surface area contributed by atoms with Gasteiger partial charge in [0.2, 0.25) is 5.91 Å². The van der Waals surface area contributed by atoms with Gasteiger partial charge in [-0.1, -0.05) is 72.4 Å². The highest BCUT2D eigenvalue weighted by Crippen LogP contribution is 2.28. The maximum Gasteiger partial charge on any atom is 0.230 e. The highest BCUT2D eigenvalue weighted by atomic mass is 32.2. The second-order valence-corrected chi connectivity index (χ2v) is 8.02. The topological polar surface area (TPSA) is 69.0 Å². The van der Waals surface area contributed by atoms with Gasteiger partial charge in [-0.25, -0.2) is 0 Å². The zero-order chi connectivity index (χ0) is 22.2. The zero-order valence-electron chi connectivity index (χ0n) is 17.8. The number of methoxy groups -OCH3 is 1. The third-order valence-electron chi connectivity index (χ3n) is 4.91. The molecule has 0 radical (unpaired) electrons. The van der Waals surface area contributed by atoms with Gasteiger partial charge in [0.1, 0.15) is 5.75 Å². The summed E-state index contributed by atoms with van der Waals surface area (Å²) in [6, 6.07) is 27.7. The third-order valence-corrected chi connectivity index (χ3v) is 5.84. The summed E-state index contributed by atoms with van der Waals surface area (Å²) in [5.74, 6) is 1.73. The minimum atomic E-state index is -0.0310. The second kappa shape index (κ2) is 10.6. The van der Waals surface area contributed by atoms with Crippen molar-refractivity contribution < 1.29 is 9.53 Å². The minimum Gasteiger partial charge on any atom is -0.497 e. The van der Waals surface area contributed by atoms with E-state index in [1.807, 2.05) is 77.4 Å². The SMILES string of the molecule is COc1ccc(-n2c(SCC(=O)NCCc3ccccc3)nnc2-c2ccccc2)cc1. The number of carbonyl (C=O) groups is 1. The molecule has 0 saturated carbocycles. The van der Waals surface area contributed by atoms with Gasteiger partial charge in [0.05, 0.1) is 12.9 Å². The van der Waals surface area contributed by atoms with E-state index in [2.05, 4.69) is 27.6 Å². The molecular weight excluding hydrogens is 420 g/mol. The number of rotatable bonds is 9. The van der Waals surface area contributed by atoms with Crippen LogP contribution in [0.4, 0.5) is 0 Å². The highest BCUT2D eigenvalue weighted by molar-refractivity contribution is 7.99. The predicted molar refractivity (Wildman–Crippen MR) is 127 cm³/mol. The van der Waals surface area contributed by atoms with E-state index in [-0.39, 0.29) is 11.7 Å². The first kappa shape index (κ1) is 21.6.